The Morgan fingerprint density at radius 2 is 1.71 bits per heavy atom. The van der Waals surface area contributed by atoms with Crippen molar-refractivity contribution in [3.8, 4) is 0 Å². The normalized spacial score (nSPS) is 17.6. The Hall–Kier alpha value is -3.21. The summed E-state index contributed by atoms with van der Waals surface area (Å²) in [4.78, 5) is 26.5. The minimum absolute atomic E-state index is 0.0585. The van der Waals surface area contributed by atoms with E-state index in [-0.39, 0.29) is 5.91 Å². The Morgan fingerprint density at radius 1 is 1.00 bits per heavy atom. The van der Waals surface area contributed by atoms with Crippen LogP contribution in [0.5, 0.6) is 0 Å². The molecule has 0 saturated heterocycles. The molecule has 3 aromatic rings. The van der Waals surface area contributed by atoms with Crippen LogP contribution in [0.4, 0.5) is 17.2 Å². The van der Waals surface area contributed by atoms with Gasteiger partial charge < -0.3 is 9.80 Å². The van der Waals surface area contributed by atoms with E-state index in [0.717, 1.165) is 30.0 Å². The molecular formula is C23H22N4O. The van der Waals surface area contributed by atoms with Gasteiger partial charge in [-0.25, -0.2) is 9.97 Å². The van der Waals surface area contributed by atoms with E-state index in [2.05, 4.69) is 46.1 Å². The van der Waals surface area contributed by atoms with Gasteiger partial charge in [0, 0.05) is 30.0 Å². The van der Waals surface area contributed by atoms with E-state index < -0.39 is 0 Å². The van der Waals surface area contributed by atoms with Crippen LogP contribution in [0.25, 0.3) is 0 Å². The van der Waals surface area contributed by atoms with Crippen molar-refractivity contribution in [2.24, 2.45) is 0 Å². The van der Waals surface area contributed by atoms with E-state index in [9.17, 15) is 4.79 Å². The third-order valence-corrected chi connectivity index (χ3v) is 5.63. The van der Waals surface area contributed by atoms with Crippen molar-refractivity contribution in [1.82, 2.24) is 9.97 Å². The maximum atomic E-state index is 13.3. The van der Waals surface area contributed by atoms with Gasteiger partial charge in [-0.05, 0) is 49.9 Å². The van der Waals surface area contributed by atoms with Crippen LogP contribution in [-0.4, -0.2) is 28.5 Å². The molecule has 2 aromatic carbocycles. The Kier molecular flexibility index (Phi) is 3.90. The number of aryl methyl sites for hydroxylation is 1. The lowest BCUT2D eigenvalue weighted by Crippen LogP contribution is -2.31. The average molecular weight is 370 g/mol. The Balaban J connectivity index is 1.53. The SMILES string of the molecule is Cc1nc(C(=O)N2CCc3ccccc32)cc(N2c3ccccc3CC2C)n1. The minimum atomic E-state index is -0.0585. The summed E-state index contributed by atoms with van der Waals surface area (Å²) in [5.74, 6) is 1.35. The minimum Gasteiger partial charge on any atom is -0.323 e. The fourth-order valence-corrected chi connectivity index (χ4v) is 4.39. The maximum absolute atomic E-state index is 13.3. The van der Waals surface area contributed by atoms with Gasteiger partial charge in [-0.3, -0.25) is 4.79 Å². The highest BCUT2D eigenvalue weighted by molar-refractivity contribution is 6.06. The van der Waals surface area contributed by atoms with Gasteiger partial charge in [-0.2, -0.15) is 0 Å². The van der Waals surface area contributed by atoms with Crippen LogP contribution in [0.2, 0.25) is 0 Å². The van der Waals surface area contributed by atoms with Crippen molar-refractivity contribution < 1.29 is 4.79 Å². The highest BCUT2D eigenvalue weighted by Gasteiger charge is 2.30. The molecule has 5 rings (SSSR count). The second kappa shape index (κ2) is 6.44. The van der Waals surface area contributed by atoms with E-state index in [1.165, 1.54) is 11.1 Å². The molecule has 2 aliphatic heterocycles. The van der Waals surface area contributed by atoms with E-state index in [1.807, 2.05) is 42.2 Å². The zero-order valence-corrected chi connectivity index (χ0v) is 16.1. The zero-order chi connectivity index (χ0) is 19.3. The molecule has 1 atom stereocenters. The predicted octanol–water partition coefficient (Wildman–Crippen LogP) is 4.07. The summed E-state index contributed by atoms with van der Waals surface area (Å²) in [5.41, 5.74) is 5.13. The van der Waals surface area contributed by atoms with Crippen LogP contribution in [0.15, 0.2) is 54.6 Å². The van der Waals surface area contributed by atoms with Crippen LogP contribution in [0.1, 0.15) is 34.4 Å². The molecule has 0 bridgehead atoms. The monoisotopic (exact) mass is 370 g/mol. The number of fused-ring (bicyclic) bond motifs is 2. The first-order valence-electron chi connectivity index (χ1n) is 9.74. The summed E-state index contributed by atoms with van der Waals surface area (Å²) in [5, 5.41) is 0. The highest BCUT2D eigenvalue weighted by atomic mass is 16.2. The number of rotatable bonds is 2. The number of benzene rings is 2. The van der Waals surface area contributed by atoms with Crippen molar-refractivity contribution >= 4 is 23.1 Å². The molecule has 1 amide bonds. The lowest BCUT2D eigenvalue weighted by Gasteiger charge is -2.25. The number of para-hydroxylation sites is 2. The van der Waals surface area contributed by atoms with Crippen molar-refractivity contribution in [2.75, 3.05) is 16.3 Å². The van der Waals surface area contributed by atoms with Crippen molar-refractivity contribution in [3.63, 3.8) is 0 Å². The first kappa shape index (κ1) is 16.9. The molecule has 5 heteroatoms. The van der Waals surface area contributed by atoms with Gasteiger partial charge in [0.1, 0.15) is 17.3 Å². The van der Waals surface area contributed by atoms with Gasteiger partial charge in [0.15, 0.2) is 0 Å². The van der Waals surface area contributed by atoms with Crippen LogP contribution in [0, 0.1) is 6.92 Å². The molecule has 1 unspecified atom stereocenters. The first-order valence-corrected chi connectivity index (χ1v) is 9.74. The summed E-state index contributed by atoms with van der Waals surface area (Å²) in [6.07, 6.45) is 1.86. The molecule has 2 aliphatic rings. The number of hydrogen-bond donors (Lipinski definition) is 0. The topological polar surface area (TPSA) is 49.3 Å². The number of amides is 1. The standard InChI is InChI=1S/C23H22N4O/c1-15-13-18-8-4-6-10-21(18)27(15)22-14-19(24-16(2)25-22)23(28)26-12-11-17-7-3-5-9-20(17)26/h3-10,14-15H,11-13H2,1-2H3. The first-order chi connectivity index (χ1) is 13.6. The summed E-state index contributed by atoms with van der Waals surface area (Å²) in [7, 11) is 0. The quantitative estimate of drug-likeness (QED) is 0.682. The molecule has 3 heterocycles. The molecule has 0 N–H and O–H groups in total. The van der Waals surface area contributed by atoms with Crippen molar-refractivity contribution in [3.05, 3.63) is 77.2 Å². The fourth-order valence-electron chi connectivity index (χ4n) is 4.39. The van der Waals surface area contributed by atoms with Gasteiger partial charge in [-0.1, -0.05) is 36.4 Å². The van der Waals surface area contributed by atoms with Crippen molar-refractivity contribution in [2.45, 2.75) is 32.7 Å². The fraction of sp³-hybridized carbons (Fsp3) is 0.261. The average Bonchev–Trinajstić information content (AvgIpc) is 3.27. The molecule has 140 valence electrons. The van der Waals surface area contributed by atoms with Gasteiger partial charge in [0.25, 0.3) is 5.91 Å². The number of hydrogen-bond acceptors (Lipinski definition) is 4. The van der Waals surface area contributed by atoms with Gasteiger partial charge in [-0.15, -0.1) is 0 Å². The smallest absolute Gasteiger partial charge is 0.277 e. The Morgan fingerprint density at radius 3 is 2.54 bits per heavy atom. The van der Waals surface area contributed by atoms with Crippen molar-refractivity contribution in [1.29, 1.82) is 0 Å². The van der Waals surface area contributed by atoms with E-state index in [1.54, 1.807) is 0 Å². The molecule has 0 spiro atoms. The third-order valence-electron chi connectivity index (χ3n) is 5.63. The second-order valence-corrected chi connectivity index (χ2v) is 7.55. The summed E-state index contributed by atoms with van der Waals surface area (Å²) in [6.45, 7) is 4.74. The van der Waals surface area contributed by atoms with Gasteiger partial charge >= 0.3 is 0 Å². The number of aromatic nitrogens is 2. The largest absolute Gasteiger partial charge is 0.323 e. The summed E-state index contributed by atoms with van der Waals surface area (Å²) >= 11 is 0. The Labute approximate surface area is 164 Å². The van der Waals surface area contributed by atoms with E-state index in [4.69, 9.17) is 0 Å². The highest BCUT2D eigenvalue weighted by Crippen LogP contribution is 2.37. The summed E-state index contributed by atoms with van der Waals surface area (Å²) < 4.78 is 0. The predicted molar refractivity (Wildman–Crippen MR) is 110 cm³/mol. The zero-order valence-electron chi connectivity index (χ0n) is 16.1. The van der Waals surface area contributed by atoms with Gasteiger partial charge in [0.05, 0.1) is 0 Å². The van der Waals surface area contributed by atoms with E-state index >= 15 is 0 Å². The van der Waals surface area contributed by atoms with E-state index in [0.29, 0.717) is 24.1 Å². The molecule has 0 fully saturated rings. The maximum Gasteiger partial charge on any atom is 0.277 e. The number of anilines is 3. The van der Waals surface area contributed by atoms with Crippen LogP contribution >= 0.6 is 0 Å². The number of carbonyl (C=O) groups excluding carboxylic acids is 1. The Bertz CT molecular complexity index is 1080. The van der Waals surface area contributed by atoms with Crippen LogP contribution in [-0.2, 0) is 12.8 Å². The molecule has 0 radical (unpaired) electrons. The molecule has 5 nitrogen and oxygen atoms in total. The molecule has 0 saturated carbocycles. The van der Waals surface area contributed by atoms with Gasteiger partial charge in [0.2, 0.25) is 0 Å². The number of carbonyl (C=O) groups is 1. The summed E-state index contributed by atoms with van der Waals surface area (Å²) in [6, 6.07) is 18.6. The molecule has 1 aromatic heterocycles. The molecular weight excluding hydrogens is 348 g/mol. The lowest BCUT2D eigenvalue weighted by atomic mass is 10.1. The lowest BCUT2D eigenvalue weighted by molar-refractivity contribution is 0.0984. The number of nitrogens with zero attached hydrogens (tertiary/aromatic N) is 4. The second-order valence-electron chi connectivity index (χ2n) is 7.55. The van der Waals surface area contributed by atoms with Crippen LogP contribution < -0.4 is 9.80 Å². The van der Waals surface area contributed by atoms with Crippen LogP contribution in [0.3, 0.4) is 0 Å². The molecule has 0 aliphatic carbocycles. The third kappa shape index (κ3) is 2.66. The molecule has 28 heavy (non-hydrogen) atoms.